The van der Waals surface area contributed by atoms with Crippen molar-refractivity contribution in [3.8, 4) is 0 Å². The number of hydrogen-bond acceptors (Lipinski definition) is 3. The second-order valence-corrected chi connectivity index (χ2v) is 6.86. The molecule has 2 aromatic heterocycles. The van der Waals surface area contributed by atoms with Crippen molar-refractivity contribution in [1.82, 2.24) is 14.5 Å². The van der Waals surface area contributed by atoms with Crippen LogP contribution in [0.3, 0.4) is 0 Å². The number of H-pyrrole nitrogens is 1. The van der Waals surface area contributed by atoms with Crippen LogP contribution in [0, 0.1) is 0 Å². The lowest BCUT2D eigenvalue weighted by Crippen LogP contribution is -2.27. The lowest BCUT2D eigenvalue weighted by Gasteiger charge is -2.26. The third kappa shape index (κ3) is 2.18. The number of fused-ring (bicyclic) bond motifs is 3. The first kappa shape index (κ1) is 14.0. The van der Waals surface area contributed by atoms with Gasteiger partial charge in [0.2, 0.25) is 0 Å². The second-order valence-electron chi connectivity index (χ2n) is 5.94. The van der Waals surface area contributed by atoms with E-state index in [-0.39, 0.29) is 17.8 Å². The highest BCUT2D eigenvalue weighted by Gasteiger charge is 2.24. The molecule has 6 heteroatoms. The monoisotopic (exact) mass is 361 g/mol. The number of benzene rings is 1. The average molecular weight is 362 g/mol. The summed E-state index contributed by atoms with van der Waals surface area (Å²) in [4.78, 5) is 19.8. The van der Waals surface area contributed by atoms with Gasteiger partial charge in [-0.25, -0.2) is 4.79 Å². The summed E-state index contributed by atoms with van der Waals surface area (Å²) in [5, 5.41) is 10.7. The first-order valence-corrected chi connectivity index (χ1v) is 8.29. The van der Waals surface area contributed by atoms with Gasteiger partial charge in [0, 0.05) is 15.9 Å². The number of aromatic amines is 1. The molecule has 5 nitrogen and oxygen atoms in total. The number of halogens is 1. The molecule has 3 aromatic rings. The average Bonchev–Trinajstić information content (AvgIpc) is 2.84. The molecule has 1 fully saturated rings. The van der Waals surface area contributed by atoms with E-state index in [1.165, 1.54) is 0 Å². The largest absolute Gasteiger partial charge is 0.393 e. The zero-order valence-corrected chi connectivity index (χ0v) is 13.5. The maximum Gasteiger partial charge on any atom is 0.326 e. The minimum atomic E-state index is -0.232. The van der Waals surface area contributed by atoms with Crippen LogP contribution in [0.5, 0.6) is 0 Å². The molecule has 1 aliphatic rings. The van der Waals surface area contributed by atoms with E-state index in [0.29, 0.717) is 0 Å². The molecule has 2 heterocycles. The number of aromatic nitrogens is 3. The quantitative estimate of drug-likeness (QED) is 0.699. The number of hydrogen-bond donors (Lipinski definition) is 2. The van der Waals surface area contributed by atoms with Crippen LogP contribution < -0.4 is 5.69 Å². The lowest BCUT2D eigenvalue weighted by atomic mass is 9.93. The van der Waals surface area contributed by atoms with Crippen molar-refractivity contribution in [2.24, 2.45) is 0 Å². The standard InChI is InChI=1S/C16H16BrN3O2/c17-9-1-6-13-12(7-9)15-14(8-18-13)19-16(22)20(15)10-2-4-11(21)5-3-10/h1,6-8,10-11,21H,2-5H2,(H,19,22). The highest BCUT2D eigenvalue weighted by Crippen LogP contribution is 2.32. The predicted octanol–water partition coefficient (Wildman–Crippen LogP) is 3.12. The van der Waals surface area contributed by atoms with Gasteiger partial charge in [-0.05, 0) is 43.9 Å². The Morgan fingerprint density at radius 2 is 2.05 bits per heavy atom. The fraction of sp³-hybridized carbons (Fsp3) is 0.375. The zero-order chi connectivity index (χ0) is 15.3. The maximum absolute atomic E-state index is 12.5. The van der Waals surface area contributed by atoms with Crippen molar-refractivity contribution in [2.45, 2.75) is 37.8 Å². The molecule has 0 aliphatic heterocycles. The molecule has 0 unspecified atom stereocenters. The van der Waals surface area contributed by atoms with Crippen LogP contribution in [0.1, 0.15) is 31.7 Å². The van der Waals surface area contributed by atoms with Crippen LogP contribution in [-0.4, -0.2) is 25.7 Å². The Kier molecular flexibility index (Phi) is 3.31. The third-order valence-corrected chi connectivity index (χ3v) is 5.03. The Morgan fingerprint density at radius 1 is 1.27 bits per heavy atom. The molecular weight excluding hydrogens is 346 g/mol. The Hall–Kier alpha value is -1.66. The van der Waals surface area contributed by atoms with Gasteiger partial charge in [-0.15, -0.1) is 0 Å². The third-order valence-electron chi connectivity index (χ3n) is 4.53. The van der Waals surface area contributed by atoms with E-state index in [1.807, 2.05) is 22.8 Å². The normalized spacial score (nSPS) is 22.5. The van der Waals surface area contributed by atoms with Gasteiger partial charge in [-0.2, -0.15) is 0 Å². The first-order chi connectivity index (χ1) is 10.6. The molecule has 1 aliphatic carbocycles. The van der Waals surface area contributed by atoms with E-state index in [1.54, 1.807) is 6.20 Å². The molecule has 0 amide bonds. The molecular formula is C16H16BrN3O2. The summed E-state index contributed by atoms with van der Waals surface area (Å²) < 4.78 is 2.83. The van der Waals surface area contributed by atoms with Crippen LogP contribution in [0.4, 0.5) is 0 Å². The van der Waals surface area contributed by atoms with Gasteiger partial charge >= 0.3 is 5.69 Å². The fourth-order valence-corrected chi connectivity index (χ4v) is 3.80. The number of aliphatic hydroxyl groups is 1. The molecule has 22 heavy (non-hydrogen) atoms. The highest BCUT2D eigenvalue weighted by molar-refractivity contribution is 9.10. The Labute approximate surface area is 135 Å². The first-order valence-electron chi connectivity index (χ1n) is 7.50. The number of nitrogens with zero attached hydrogens (tertiary/aromatic N) is 2. The van der Waals surface area contributed by atoms with E-state index in [0.717, 1.165) is 52.1 Å². The summed E-state index contributed by atoms with van der Waals surface area (Å²) in [6, 6.07) is 6.04. The van der Waals surface area contributed by atoms with Crippen LogP contribution in [0.25, 0.3) is 21.9 Å². The van der Waals surface area contributed by atoms with Gasteiger partial charge in [-0.3, -0.25) is 9.55 Å². The highest BCUT2D eigenvalue weighted by atomic mass is 79.9. The fourth-order valence-electron chi connectivity index (χ4n) is 3.44. The van der Waals surface area contributed by atoms with Crippen LogP contribution in [0.2, 0.25) is 0 Å². The predicted molar refractivity (Wildman–Crippen MR) is 89.1 cm³/mol. The van der Waals surface area contributed by atoms with Crippen LogP contribution in [0.15, 0.2) is 33.7 Å². The number of nitrogens with one attached hydrogen (secondary N) is 1. The minimum absolute atomic E-state index is 0.0920. The molecule has 0 atom stereocenters. The van der Waals surface area contributed by atoms with E-state index >= 15 is 0 Å². The van der Waals surface area contributed by atoms with Gasteiger partial charge in [0.15, 0.2) is 0 Å². The van der Waals surface area contributed by atoms with E-state index in [2.05, 4.69) is 25.9 Å². The molecule has 0 saturated heterocycles. The van der Waals surface area contributed by atoms with Gasteiger partial charge in [0.1, 0.15) is 0 Å². The van der Waals surface area contributed by atoms with Crippen molar-refractivity contribution < 1.29 is 5.11 Å². The summed E-state index contributed by atoms with van der Waals surface area (Å²) in [5.74, 6) is 0. The zero-order valence-electron chi connectivity index (χ0n) is 11.9. The van der Waals surface area contributed by atoms with Crippen molar-refractivity contribution in [1.29, 1.82) is 0 Å². The van der Waals surface area contributed by atoms with Gasteiger partial charge in [-0.1, -0.05) is 15.9 Å². The molecule has 1 aromatic carbocycles. The summed E-state index contributed by atoms with van der Waals surface area (Å²) in [6.07, 6.45) is 4.64. The van der Waals surface area contributed by atoms with Gasteiger partial charge in [0.25, 0.3) is 0 Å². The molecule has 114 valence electrons. The number of imidazole rings is 1. The molecule has 2 N–H and O–H groups in total. The van der Waals surface area contributed by atoms with Crippen LogP contribution >= 0.6 is 15.9 Å². The van der Waals surface area contributed by atoms with Gasteiger partial charge in [0.05, 0.1) is 28.9 Å². The number of rotatable bonds is 1. The molecule has 1 saturated carbocycles. The Balaban J connectivity index is 1.99. The minimum Gasteiger partial charge on any atom is -0.393 e. The van der Waals surface area contributed by atoms with Crippen molar-refractivity contribution in [3.63, 3.8) is 0 Å². The lowest BCUT2D eigenvalue weighted by molar-refractivity contribution is 0.111. The SMILES string of the molecule is O=c1[nH]c2cnc3ccc(Br)cc3c2n1C1CCC(O)CC1. The van der Waals surface area contributed by atoms with Crippen molar-refractivity contribution in [2.75, 3.05) is 0 Å². The van der Waals surface area contributed by atoms with Crippen LogP contribution in [-0.2, 0) is 0 Å². The summed E-state index contributed by atoms with van der Waals surface area (Å²) >= 11 is 3.49. The smallest absolute Gasteiger partial charge is 0.326 e. The number of aliphatic hydroxyl groups excluding tert-OH is 1. The summed E-state index contributed by atoms with van der Waals surface area (Å²) in [5.41, 5.74) is 2.46. The number of pyridine rings is 1. The summed E-state index contributed by atoms with van der Waals surface area (Å²) in [7, 11) is 0. The topological polar surface area (TPSA) is 70.9 Å². The molecule has 4 rings (SSSR count). The molecule has 0 spiro atoms. The van der Waals surface area contributed by atoms with E-state index < -0.39 is 0 Å². The Morgan fingerprint density at radius 3 is 2.82 bits per heavy atom. The van der Waals surface area contributed by atoms with Crippen molar-refractivity contribution >= 4 is 37.9 Å². The Bertz CT molecular complexity index is 907. The molecule has 0 radical (unpaired) electrons. The summed E-state index contributed by atoms with van der Waals surface area (Å²) in [6.45, 7) is 0. The van der Waals surface area contributed by atoms with Gasteiger partial charge < -0.3 is 10.1 Å². The molecule has 0 bridgehead atoms. The van der Waals surface area contributed by atoms with Crippen molar-refractivity contribution in [3.05, 3.63) is 39.4 Å². The second kappa shape index (κ2) is 5.21. The maximum atomic E-state index is 12.5. The van der Waals surface area contributed by atoms with E-state index in [9.17, 15) is 9.90 Å². The van der Waals surface area contributed by atoms with E-state index in [4.69, 9.17) is 0 Å².